The average Bonchev–Trinajstić information content (AvgIpc) is 2.37. The fourth-order valence-electron chi connectivity index (χ4n) is 1.37. The van der Waals surface area contributed by atoms with Gasteiger partial charge in [-0.25, -0.2) is 9.59 Å². The normalized spacial score (nSPS) is 12.1. The summed E-state index contributed by atoms with van der Waals surface area (Å²) >= 11 is 0. The molecule has 0 spiro atoms. The Morgan fingerprint density at radius 1 is 1.42 bits per heavy atom. The molecule has 0 fully saturated rings. The summed E-state index contributed by atoms with van der Waals surface area (Å²) in [6.07, 6.45) is 1.77. The molecule has 1 atom stereocenters. The van der Waals surface area contributed by atoms with Crippen molar-refractivity contribution in [3.05, 3.63) is 35.9 Å². The lowest BCUT2D eigenvalue weighted by molar-refractivity contribution is -0.150. The molecule has 1 aromatic carbocycles. The molecule has 5 nitrogen and oxygen atoms in total. The highest BCUT2D eigenvalue weighted by Gasteiger charge is 2.15. The molecule has 0 aliphatic carbocycles. The van der Waals surface area contributed by atoms with Crippen molar-refractivity contribution in [1.29, 1.82) is 0 Å². The Morgan fingerprint density at radius 3 is 2.79 bits per heavy atom. The number of hydrogen-bond donors (Lipinski definition) is 1. The Bertz CT molecular complexity index is 478. The van der Waals surface area contributed by atoms with E-state index in [0.29, 0.717) is 17.9 Å². The van der Waals surface area contributed by atoms with E-state index in [-0.39, 0.29) is 0 Å². The highest BCUT2D eigenvalue weighted by Crippen LogP contribution is 2.16. The van der Waals surface area contributed by atoms with E-state index in [9.17, 15) is 9.59 Å². The Kier molecular flexibility index (Phi) is 5.60. The van der Waals surface area contributed by atoms with Crippen LogP contribution in [0.4, 0.5) is 0 Å². The number of rotatable bonds is 6. The van der Waals surface area contributed by atoms with E-state index in [1.807, 2.05) is 0 Å². The number of benzene rings is 1. The Morgan fingerprint density at radius 2 is 2.16 bits per heavy atom. The minimum Gasteiger partial charge on any atom is -0.479 e. The van der Waals surface area contributed by atoms with Gasteiger partial charge >= 0.3 is 11.9 Å². The van der Waals surface area contributed by atoms with E-state index in [4.69, 9.17) is 14.6 Å². The molecule has 1 rings (SSSR count). The summed E-state index contributed by atoms with van der Waals surface area (Å²) in [6.45, 7) is 3.62. The second-order valence-corrected chi connectivity index (χ2v) is 3.76. The van der Waals surface area contributed by atoms with Gasteiger partial charge in [0, 0.05) is 6.08 Å². The van der Waals surface area contributed by atoms with Crippen LogP contribution in [0.1, 0.15) is 19.4 Å². The molecule has 0 saturated carbocycles. The quantitative estimate of drug-likeness (QED) is 0.629. The lowest BCUT2D eigenvalue weighted by atomic mass is 10.2. The first-order valence-corrected chi connectivity index (χ1v) is 5.87. The first kappa shape index (κ1) is 14.8. The summed E-state index contributed by atoms with van der Waals surface area (Å²) in [5.74, 6) is -0.978. The van der Waals surface area contributed by atoms with Gasteiger partial charge in [-0.3, -0.25) is 0 Å². The summed E-state index contributed by atoms with van der Waals surface area (Å²) < 4.78 is 10.2. The van der Waals surface area contributed by atoms with E-state index in [2.05, 4.69) is 0 Å². The Labute approximate surface area is 111 Å². The number of aliphatic carboxylic acids is 1. The zero-order valence-corrected chi connectivity index (χ0v) is 10.8. The largest absolute Gasteiger partial charge is 0.479 e. The summed E-state index contributed by atoms with van der Waals surface area (Å²) in [4.78, 5) is 21.8. The van der Waals surface area contributed by atoms with Crippen LogP contribution in [-0.4, -0.2) is 29.8 Å². The highest BCUT2D eigenvalue weighted by molar-refractivity contribution is 5.85. The van der Waals surface area contributed by atoms with Crippen molar-refractivity contribution in [2.45, 2.75) is 20.0 Å². The average molecular weight is 264 g/mol. The fraction of sp³-hybridized carbons (Fsp3) is 0.286. The number of hydrogen-bond acceptors (Lipinski definition) is 4. The number of carboxylic acids is 1. The van der Waals surface area contributed by atoms with Gasteiger partial charge in [-0.1, -0.05) is 12.1 Å². The second-order valence-electron chi connectivity index (χ2n) is 3.76. The zero-order valence-electron chi connectivity index (χ0n) is 10.8. The van der Waals surface area contributed by atoms with Crippen molar-refractivity contribution < 1.29 is 24.2 Å². The standard InChI is InChI=1S/C14H16O5/c1-3-18-14(17)10(2)19-12-6-4-5-11(9-12)7-8-13(15)16/h4-10H,3H2,1-2H3,(H,15,16). The van der Waals surface area contributed by atoms with Crippen LogP contribution in [0, 0.1) is 0 Å². The minimum absolute atomic E-state index is 0.300. The molecule has 19 heavy (non-hydrogen) atoms. The molecule has 0 aromatic heterocycles. The minimum atomic E-state index is -1.02. The number of carbonyl (C=O) groups excluding carboxylic acids is 1. The highest BCUT2D eigenvalue weighted by atomic mass is 16.6. The van der Waals surface area contributed by atoms with E-state index in [0.717, 1.165) is 6.08 Å². The summed E-state index contributed by atoms with van der Waals surface area (Å²) in [5, 5.41) is 8.54. The molecule has 0 radical (unpaired) electrons. The third-order valence-electron chi connectivity index (χ3n) is 2.21. The topological polar surface area (TPSA) is 72.8 Å². The van der Waals surface area contributed by atoms with E-state index < -0.39 is 18.0 Å². The maximum atomic E-state index is 11.4. The lowest BCUT2D eigenvalue weighted by Crippen LogP contribution is -2.26. The van der Waals surface area contributed by atoms with Gasteiger partial charge in [-0.15, -0.1) is 0 Å². The summed E-state index contributed by atoms with van der Waals surface area (Å²) in [7, 11) is 0. The lowest BCUT2D eigenvalue weighted by Gasteiger charge is -2.13. The first-order valence-electron chi connectivity index (χ1n) is 5.87. The summed E-state index contributed by atoms with van der Waals surface area (Å²) in [6, 6.07) is 6.79. The predicted molar refractivity (Wildman–Crippen MR) is 69.8 cm³/mol. The SMILES string of the molecule is CCOC(=O)C(C)Oc1cccc(C=CC(=O)O)c1. The first-order chi connectivity index (χ1) is 9.02. The molecule has 1 N–H and O–H groups in total. The molecule has 0 aliphatic rings. The van der Waals surface area contributed by atoms with Gasteiger partial charge in [0.1, 0.15) is 5.75 Å². The molecule has 0 saturated heterocycles. The number of ether oxygens (including phenoxy) is 2. The van der Waals surface area contributed by atoms with Gasteiger partial charge in [0.25, 0.3) is 0 Å². The van der Waals surface area contributed by atoms with Crippen LogP contribution in [0.5, 0.6) is 5.75 Å². The van der Waals surface area contributed by atoms with Gasteiger partial charge in [-0.2, -0.15) is 0 Å². The molecule has 5 heteroatoms. The molecule has 0 aliphatic heterocycles. The van der Waals surface area contributed by atoms with Gasteiger partial charge in [0.2, 0.25) is 0 Å². The van der Waals surface area contributed by atoms with Gasteiger partial charge in [0.05, 0.1) is 6.61 Å². The predicted octanol–water partition coefficient (Wildman–Crippen LogP) is 2.11. The van der Waals surface area contributed by atoms with Crippen molar-refractivity contribution in [1.82, 2.24) is 0 Å². The number of carboxylic acid groups (broad SMARTS) is 1. The van der Waals surface area contributed by atoms with Crippen molar-refractivity contribution >= 4 is 18.0 Å². The third-order valence-corrected chi connectivity index (χ3v) is 2.21. The Balaban J connectivity index is 2.71. The van der Waals surface area contributed by atoms with Gasteiger partial charge in [0.15, 0.2) is 6.10 Å². The summed E-state index contributed by atoms with van der Waals surface area (Å²) in [5.41, 5.74) is 0.677. The maximum Gasteiger partial charge on any atom is 0.347 e. The van der Waals surface area contributed by atoms with Crippen LogP contribution in [-0.2, 0) is 14.3 Å². The number of carbonyl (C=O) groups is 2. The smallest absolute Gasteiger partial charge is 0.347 e. The molecular formula is C14H16O5. The maximum absolute atomic E-state index is 11.4. The van der Waals surface area contributed by atoms with E-state index in [1.165, 1.54) is 6.08 Å². The van der Waals surface area contributed by atoms with Crippen molar-refractivity contribution in [2.75, 3.05) is 6.61 Å². The molecule has 0 amide bonds. The third kappa shape index (κ3) is 5.25. The van der Waals surface area contributed by atoms with Crippen LogP contribution in [0.15, 0.2) is 30.3 Å². The Hall–Kier alpha value is -2.30. The van der Waals surface area contributed by atoms with Crippen LogP contribution in [0.3, 0.4) is 0 Å². The van der Waals surface area contributed by atoms with Crippen LogP contribution >= 0.6 is 0 Å². The van der Waals surface area contributed by atoms with Crippen LogP contribution in [0.2, 0.25) is 0 Å². The van der Waals surface area contributed by atoms with Gasteiger partial charge in [-0.05, 0) is 37.6 Å². The van der Waals surface area contributed by atoms with Gasteiger partial charge < -0.3 is 14.6 Å². The second kappa shape index (κ2) is 7.20. The van der Waals surface area contributed by atoms with E-state index in [1.54, 1.807) is 38.1 Å². The zero-order chi connectivity index (χ0) is 14.3. The molecule has 1 aromatic rings. The molecule has 0 heterocycles. The van der Waals surface area contributed by atoms with E-state index >= 15 is 0 Å². The van der Waals surface area contributed by atoms with Crippen LogP contribution in [0.25, 0.3) is 6.08 Å². The monoisotopic (exact) mass is 264 g/mol. The van der Waals surface area contributed by atoms with Crippen LogP contribution < -0.4 is 4.74 Å². The van der Waals surface area contributed by atoms with Crippen molar-refractivity contribution in [2.24, 2.45) is 0 Å². The molecule has 102 valence electrons. The fourth-order valence-corrected chi connectivity index (χ4v) is 1.37. The molecular weight excluding hydrogens is 248 g/mol. The number of esters is 1. The molecule has 0 bridgehead atoms. The molecule has 1 unspecified atom stereocenters. The van der Waals surface area contributed by atoms with Crippen molar-refractivity contribution in [3.8, 4) is 5.75 Å². The van der Waals surface area contributed by atoms with Crippen molar-refractivity contribution in [3.63, 3.8) is 0 Å².